The normalized spacial score (nSPS) is 16.0. The lowest BCUT2D eigenvalue weighted by Crippen LogP contribution is -2.42. The van der Waals surface area contributed by atoms with E-state index < -0.39 is 0 Å². The number of aryl methyl sites for hydroxylation is 2. The van der Waals surface area contributed by atoms with Crippen LogP contribution < -0.4 is 5.56 Å². The van der Waals surface area contributed by atoms with E-state index in [9.17, 15) is 9.59 Å². The minimum atomic E-state index is -0.154. The van der Waals surface area contributed by atoms with Crippen LogP contribution in [0.5, 0.6) is 0 Å². The third kappa shape index (κ3) is 5.04. The number of nitrogens with zero attached hydrogens (tertiary/aromatic N) is 2. The SMILES string of the molecule is Cc1sc2nc(CSC(C)C(=O)N3CCC(Cc4ccccc4)CC3)[nH]c(=O)c2c1C. The molecule has 4 rings (SSSR count). The molecule has 1 amide bonds. The first kappa shape index (κ1) is 22.1. The Morgan fingerprint density at radius 1 is 1.26 bits per heavy atom. The van der Waals surface area contributed by atoms with E-state index in [1.807, 2.05) is 25.7 Å². The highest BCUT2D eigenvalue weighted by atomic mass is 32.2. The van der Waals surface area contributed by atoms with E-state index in [0.717, 1.165) is 47.6 Å². The first-order valence-electron chi connectivity index (χ1n) is 10.9. The first-order chi connectivity index (χ1) is 14.9. The minimum absolute atomic E-state index is 0.0816. The molecule has 1 fully saturated rings. The van der Waals surface area contributed by atoms with E-state index in [1.54, 1.807) is 23.1 Å². The largest absolute Gasteiger partial charge is 0.342 e. The van der Waals surface area contributed by atoms with Crippen LogP contribution in [0.3, 0.4) is 0 Å². The smallest absolute Gasteiger partial charge is 0.259 e. The topological polar surface area (TPSA) is 66.1 Å². The molecule has 1 unspecified atom stereocenters. The lowest BCUT2D eigenvalue weighted by molar-refractivity contribution is -0.131. The lowest BCUT2D eigenvalue weighted by Gasteiger charge is -2.33. The van der Waals surface area contributed by atoms with Crippen LogP contribution in [0.4, 0.5) is 0 Å². The monoisotopic (exact) mass is 455 g/mol. The van der Waals surface area contributed by atoms with Crippen LogP contribution in [0.25, 0.3) is 10.2 Å². The zero-order valence-corrected chi connectivity index (χ0v) is 19.9. The fraction of sp³-hybridized carbons (Fsp3) is 0.458. The number of fused-ring (bicyclic) bond motifs is 1. The second-order valence-corrected chi connectivity index (χ2v) is 10.9. The van der Waals surface area contributed by atoms with Crippen LogP contribution in [0.2, 0.25) is 0 Å². The summed E-state index contributed by atoms with van der Waals surface area (Å²) in [7, 11) is 0. The quantitative estimate of drug-likeness (QED) is 0.585. The van der Waals surface area contributed by atoms with Crippen molar-refractivity contribution in [2.75, 3.05) is 13.1 Å². The third-order valence-electron chi connectivity index (χ3n) is 6.20. The maximum atomic E-state index is 12.9. The Balaban J connectivity index is 1.30. The highest BCUT2D eigenvalue weighted by Gasteiger charge is 2.26. The molecular formula is C24H29N3O2S2. The molecule has 1 aliphatic heterocycles. The van der Waals surface area contributed by atoms with Crippen LogP contribution >= 0.6 is 23.1 Å². The molecule has 2 aromatic heterocycles. The molecule has 1 saturated heterocycles. The Kier molecular flexibility index (Phi) is 6.82. The molecule has 1 N–H and O–H groups in total. The maximum absolute atomic E-state index is 12.9. The van der Waals surface area contributed by atoms with Gasteiger partial charge in [0.1, 0.15) is 10.7 Å². The van der Waals surface area contributed by atoms with Crippen molar-refractivity contribution < 1.29 is 4.79 Å². The van der Waals surface area contributed by atoms with Gasteiger partial charge in [0, 0.05) is 18.0 Å². The average Bonchev–Trinajstić information content (AvgIpc) is 3.06. The lowest BCUT2D eigenvalue weighted by atomic mass is 9.90. The van der Waals surface area contributed by atoms with E-state index in [1.165, 1.54) is 5.56 Å². The summed E-state index contributed by atoms with van der Waals surface area (Å²) in [6.45, 7) is 7.59. The third-order valence-corrected chi connectivity index (χ3v) is 8.44. The van der Waals surface area contributed by atoms with Gasteiger partial charge in [0.25, 0.3) is 5.56 Å². The molecule has 0 saturated carbocycles. The zero-order chi connectivity index (χ0) is 22.0. The number of carbonyl (C=O) groups is 1. The van der Waals surface area contributed by atoms with Crippen molar-refractivity contribution in [1.82, 2.24) is 14.9 Å². The predicted molar refractivity (Wildman–Crippen MR) is 130 cm³/mol. The summed E-state index contributed by atoms with van der Waals surface area (Å²) >= 11 is 3.10. The molecule has 0 aliphatic carbocycles. The first-order valence-corrected chi connectivity index (χ1v) is 12.7. The summed E-state index contributed by atoms with van der Waals surface area (Å²) in [5, 5.41) is 0.539. The number of nitrogens with one attached hydrogen (secondary N) is 1. The van der Waals surface area contributed by atoms with Gasteiger partial charge in [-0.2, -0.15) is 0 Å². The number of hydrogen-bond donors (Lipinski definition) is 1. The second kappa shape index (κ2) is 9.57. The van der Waals surface area contributed by atoms with Crippen LogP contribution in [0, 0.1) is 19.8 Å². The summed E-state index contributed by atoms with van der Waals surface area (Å²) in [6.07, 6.45) is 3.21. The summed E-state index contributed by atoms with van der Waals surface area (Å²) in [6, 6.07) is 10.6. The van der Waals surface area contributed by atoms with Crippen LogP contribution in [-0.2, 0) is 17.0 Å². The van der Waals surface area contributed by atoms with Crippen molar-refractivity contribution in [2.45, 2.75) is 51.0 Å². The highest BCUT2D eigenvalue weighted by Crippen LogP contribution is 2.27. The number of amides is 1. The van der Waals surface area contributed by atoms with E-state index in [0.29, 0.717) is 22.9 Å². The van der Waals surface area contributed by atoms with Crippen molar-refractivity contribution in [3.63, 3.8) is 0 Å². The predicted octanol–water partition coefficient (Wildman–Crippen LogP) is 4.70. The van der Waals surface area contributed by atoms with Gasteiger partial charge in [-0.05, 0) is 57.1 Å². The number of piperidine rings is 1. The molecule has 1 aliphatic rings. The Labute approximate surface area is 191 Å². The summed E-state index contributed by atoms with van der Waals surface area (Å²) in [4.78, 5) is 36.8. The van der Waals surface area contributed by atoms with E-state index in [4.69, 9.17) is 0 Å². The van der Waals surface area contributed by atoms with Gasteiger partial charge in [-0.1, -0.05) is 30.3 Å². The second-order valence-electron chi connectivity index (χ2n) is 8.39. The van der Waals surface area contributed by atoms with E-state index >= 15 is 0 Å². The number of aromatic nitrogens is 2. The molecule has 0 spiro atoms. The van der Waals surface area contributed by atoms with Crippen molar-refractivity contribution in [3.05, 3.63) is 62.5 Å². The highest BCUT2D eigenvalue weighted by molar-refractivity contribution is 7.99. The molecular weight excluding hydrogens is 426 g/mol. The Morgan fingerprint density at radius 3 is 2.68 bits per heavy atom. The van der Waals surface area contributed by atoms with Crippen molar-refractivity contribution >= 4 is 39.2 Å². The number of carbonyl (C=O) groups excluding carboxylic acids is 1. The fourth-order valence-electron chi connectivity index (χ4n) is 4.20. The van der Waals surface area contributed by atoms with Gasteiger partial charge in [0.2, 0.25) is 5.91 Å². The summed E-state index contributed by atoms with van der Waals surface area (Å²) in [5.41, 5.74) is 2.31. The molecule has 164 valence electrons. The van der Waals surface area contributed by atoms with Crippen LogP contribution in [-0.4, -0.2) is 39.1 Å². The molecule has 0 bridgehead atoms. The van der Waals surface area contributed by atoms with Crippen LogP contribution in [0.1, 0.15) is 41.6 Å². The van der Waals surface area contributed by atoms with E-state index in [2.05, 4.69) is 40.3 Å². The van der Waals surface area contributed by atoms with Gasteiger partial charge in [0.15, 0.2) is 0 Å². The van der Waals surface area contributed by atoms with Gasteiger partial charge < -0.3 is 9.88 Å². The number of thioether (sulfide) groups is 1. The molecule has 5 nitrogen and oxygen atoms in total. The van der Waals surface area contributed by atoms with Gasteiger partial charge in [-0.15, -0.1) is 23.1 Å². The summed E-state index contributed by atoms with van der Waals surface area (Å²) in [5.74, 6) is 2.01. The number of benzene rings is 1. The van der Waals surface area contributed by atoms with Gasteiger partial charge in [0.05, 0.1) is 16.4 Å². The van der Waals surface area contributed by atoms with Crippen molar-refractivity contribution in [3.8, 4) is 0 Å². The number of hydrogen-bond acceptors (Lipinski definition) is 5. The molecule has 3 heterocycles. The Morgan fingerprint density at radius 2 is 1.97 bits per heavy atom. The molecule has 1 atom stereocenters. The van der Waals surface area contributed by atoms with Crippen molar-refractivity contribution in [2.24, 2.45) is 5.92 Å². The molecule has 31 heavy (non-hydrogen) atoms. The van der Waals surface area contributed by atoms with Crippen LogP contribution in [0.15, 0.2) is 35.1 Å². The fourth-order valence-corrected chi connectivity index (χ4v) is 6.09. The molecule has 1 aromatic carbocycles. The van der Waals surface area contributed by atoms with Crippen molar-refractivity contribution in [1.29, 1.82) is 0 Å². The Bertz CT molecular complexity index is 1120. The average molecular weight is 456 g/mol. The Hall–Kier alpha value is -2.12. The molecule has 3 aromatic rings. The van der Waals surface area contributed by atoms with Gasteiger partial charge in [-0.25, -0.2) is 4.98 Å². The van der Waals surface area contributed by atoms with Gasteiger partial charge >= 0.3 is 0 Å². The number of thiophene rings is 1. The summed E-state index contributed by atoms with van der Waals surface area (Å²) < 4.78 is 0. The number of aromatic amines is 1. The number of rotatable bonds is 6. The number of H-pyrrole nitrogens is 1. The minimum Gasteiger partial charge on any atom is -0.342 e. The molecule has 0 radical (unpaired) electrons. The number of likely N-dealkylation sites (tertiary alicyclic amines) is 1. The van der Waals surface area contributed by atoms with E-state index in [-0.39, 0.29) is 16.7 Å². The van der Waals surface area contributed by atoms with Gasteiger partial charge in [-0.3, -0.25) is 9.59 Å². The zero-order valence-electron chi connectivity index (χ0n) is 18.3. The maximum Gasteiger partial charge on any atom is 0.259 e. The molecule has 7 heteroatoms. The standard InChI is InChI=1S/C24H29N3O2S2/c1-15-16(2)31-23-21(15)22(28)25-20(26-23)14-30-17(3)24(29)27-11-9-19(10-12-27)13-18-7-5-4-6-8-18/h4-8,17,19H,9-14H2,1-3H3,(H,25,26,28).